The predicted octanol–water partition coefficient (Wildman–Crippen LogP) is 2.23. The van der Waals surface area contributed by atoms with E-state index in [1.54, 1.807) is 18.2 Å². The third-order valence-corrected chi connectivity index (χ3v) is 2.13. The van der Waals surface area contributed by atoms with Crippen LogP contribution in [0.2, 0.25) is 0 Å². The number of esters is 1. The fourth-order valence-corrected chi connectivity index (χ4v) is 1.25. The Bertz CT molecular complexity index is 363. The molecule has 0 atom stereocenters. The van der Waals surface area contributed by atoms with E-state index in [4.69, 9.17) is 15.2 Å². The van der Waals surface area contributed by atoms with Gasteiger partial charge >= 0.3 is 5.97 Å². The van der Waals surface area contributed by atoms with Gasteiger partial charge in [-0.15, -0.1) is 0 Å². The smallest absolute Gasteiger partial charge is 0.338 e. The Morgan fingerprint density at radius 2 is 2.12 bits per heavy atom. The van der Waals surface area contributed by atoms with Crippen molar-refractivity contribution in [3.63, 3.8) is 0 Å². The van der Waals surface area contributed by atoms with Crippen LogP contribution in [0, 0.1) is 0 Å². The number of unbranched alkanes of at least 4 members (excludes halogenated alkanes) is 1. The van der Waals surface area contributed by atoms with Crippen LogP contribution in [-0.2, 0) is 4.74 Å². The summed E-state index contributed by atoms with van der Waals surface area (Å²) in [5.74, 6) is 0.196. The van der Waals surface area contributed by atoms with E-state index in [0.717, 1.165) is 12.8 Å². The normalized spacial score (nSPS) is 9.88. The maximum atomic E-state index is 11.6. The van der Waals surface area contributed by atoms with Gasteiger partial charge in [0.2, 0.25) is 0 Å². The van der Waals surface area contributed by atoms with Gasteiger partial charge in [-0.25, -0.2) is 4.79 Å². The lowest BCUT2D eigenvalue weighted by atomic mass is 10.2. The zero-order valence-corrected chi connectivity index (χ0v) is 9.66. The van der Waals surface area contributed by atoms with Crippen LogP contribution in [0.4, 0.5) is 5.69 Å². The van der Waals surface area contributed by atoms with Crippen molar-refractivity contribution in [2.24, 2.45) is 0 Å². The zero-order valence-electron chi connectivity index (χ0n) is 9.66. The van der Waals surface area contributed by atoms with E-state index >= 15 is 0 Å². The molecular weight excluding hydrogens is 206 g/mol. The molecule has 4 heteroatoms. The SMILES string of the molecule is CCCCOC(=O)c1cc(N)cc(OC)c1. The number of hydrogen-bond donors (Lipinski definition) is 1. The number of rotatable bonds is 5. The van der Waals surface area contributed by atoms with E-state index in [9.17, 15) is 4.79 Å². The number of nitrogen functional groups attached to an aromatic ring is 1. The molecule has 2 N–H and O–H groups in total. The Morgan fingerprint density at radius 1 is 1.38 bits per heavy atom. The molecule has 0 unspecified atom stereocenters. The molecule has 88 valence electrons. The summed E-state index contributed by atoms with van der Waals surface area (Å²) in [6.45, 7) is 2.48. The summed E-state index contributed by atoms with van der Waals surface area (Å²) in [4.78, 5) is 11.6. The van der Waals surface area contributed by atoms with Gasteiger partial charge in [0.1, 0.15) is 5.75 Å². The van der Waals surface area contributed by atoms with Gasteiger partial charge in [-0.1, -0.05) is 13.3 Å². The fraction of sp³-hybridized carbons (Fsp3) is 0.417. The summed E-state index contributed by atoms with van der Waals surface area (Å²) >= 11 is 0. The topological polar surface area (TPSA) is 61.5 Å². The second-order valence-corrected chi connectivity index (χ2v) is 3.48. The number of methoxy groups -OCH3 is 1. The molecule has 0 spiro atoms. The van der Waals surface area contributed by atoms with Crippen molar-refractivity contribution >= 4 is 11.7 Å². The molecule has 4 nitrogen and oxygen atoms in total. The van der Waals surface area contributed by atoms with Gasteiger partial charge < -0.3 is 15.2 Å². The third kappa shape index (κ3) is 3.46. The summed E-state index contributed by atoms with van der Waals surface area (Å²) in [6, 6.07) is 4.85. The summed E-state index contributed by atoms with van der Waals surface area (Å²) in [7, 11) is 1.53. The Morgan fingerprint density at radius 3 is 2.75 bits per heavy atom. The molecule has 0 aliphatic rings. The number of carbonyl (C=O) groups excluding carboxylic acids is 1. The number of ether oxygens (including phenoxy) is 2. The van der Waals surface area contributed by atoms with Gasteiger partial charge in [0.15, 0.2) is 0 Å². The predicted molar refractivity (Wildman–Crippen MR) is 62.6 cm³/mol. The number of anilines is 1. The first-order valence-corrected chi connectivity index (χ1v) is 5.29. The maximum Gasteiger partial charge on any atom is 0.338 e. The van der Waals surface area contributed by atoms with Crippen molar-refractivity contribution in [3.05, 3.63) is 23.8 Å². The molecule has 0 aliphatic carbocycles. The largest absolute Gasteiger partial charge is 0.497 e. The number of benzene rings is 1. The van der Waals surface area contributed by atoms with Crippen molar-refractivity contribution in [2.45, 2.75) is 19.8 Å². The van der Waals surface area contributed by atoms with Crippen LogP contribution < -0.4 is 10.5 Å². The molecule has 0 fully saturated rings. The molecule has 0 aliphatic heterocycles. The minimum absolute atomic E-state index is 0.362. The Kier molecular flexibility index (Phi) is 4.64. The Hall–Kier alpha value is -1.71. The van der Waals surface area contributed by atoms with Crippen molar-refractivity contribution in [2.75, 3.05) is 19.5 Å². The van der Waals surface area contributed by atoms with Crippen molar-refractivity contribution in [1.29, 1.82) is 0 Å². The molecule has 0 bridgehead atoms. The van der Waals surface area contributed by atoms with Gasteiger partial charge in [0.05, 0.1) is 19.3 Å². The molecule has 1 aromatic carbocycles. The van der Waals surface area contributed by atoms with Gasteiger partial charge in [-0.2, -0.15) is 0 Å². The number of nitrogens with two attached hydrogens (primary N) is 1. The lowest BCUT2D eigenvalue weighted by Crippen LogP contribution is -2.07. The average molecular weight is 223 g/mol. The first-order valence-electron chi connectivity index (χ1n) is 5.29. The molecule has 1 aromatic rings. The first-order chi connectivity index (χ1) is 7.67. The third-order valence-electron chi connectivity index (χ3n) is 2.13. The number of hydrogen-bond acceptors (Lipinski definition) is 4. The van der Waals surface area contributed by atoms with E-state index in [-0.39, 0.29) is 5.97 Å². The molecule has 0 saturated carbocycles. The van der Waals surface area contributed by atoms with Gasteiger partial charge in [0, 0.05) is 11.8 Å². The van der Waals surface area contributed by atoms with E-state index in [2.05, 4.69) is 0 Å². The maximum absolute atomic E-state index is 11.6. The van der Waals surface area contributed by atoms with Crippen LogP contribution in [0.15, 0.2) is 18.2 Å². The molecule has 0 amide bonds. The Labute approximate surface area is 95.3 Å². The summed E-state index contributed by atoms with van der Waals surface area (Å²) in [6.07, 6.45) is 1.86. The minimum Gasteiger partial charge on any atom is -0.497 e. The first kappa shape index (κ1) is 12.4. The van der Waals surface area contributed by atoms with Crippen LogP contribution >= 0.6 is 0 Å². The van der Waals surface area contributed by atoms with E-state index in [0.29, 0.717) is 23.6 Å². The molecule has 0 radical (unpaired) electrons. The summed E-state index contributed by atoms with van der Waals surface area (Å²) in [5.41, 5.74) is 6.55. The quantitative estimate of drug-likeness (QED) is 0.472. The van der Waals surface area contributed by atoms with Crippen molar-refractivity contribution in [1.82, 2.24) is 0 Å². The minimum atomic E-state index is -0.362. The van der Waals surface area contributed by atoms with Gasteiger partial charge in [0.25, 0.3) is 0 Å². The van der Waals surface area contributed by atoms with Crippen LogP contribution in [-0.4, -0.2) is 19.7 Å². The lowest BCUT2D eigenvalue weighted by molar-refractivity contribution is 0.0499. The van der Waals surface area contributed by atoms with Crippen molar-refractivity contribution < 1.29 is 14.3 Å². The van der Waals surface area contributed by atoms with Crippen LogP contribution in [0.25, 0.3) is 0 Å². The monoisotopic (exact) mass is 223 g/mol. The van der Waals surface area contributed by atoms with Crippen LogP contribution in [0.3, 0.4) is 0 Å². The zero-order chi connectivity index (χ0) is 12.0. The highest BCUT2D eigenvalue weighted by Gasteiger charge is 2.09. The average Bonchev–Trinajstić information content (AvgIpc) is 2.28. The van der Waals surface area contributed by atoms with E-state index in [1.165, 1.54) is 7.11 Å². The molecule has 0 heterocycles. The van der Waals surface area contributed by atoms with Crippen LogP contribution in [0.5, 0.6) is 5.75 Å². The fourth-order valence-electron chi connectivity index (χ4n) is 1.25. The molecule has 1 rings (SSSR count). The second kappa shape index (κ2) is 6.00. The standard InChI is InChI=1S/C12H17NO3/c1-3-4-5-16-12(14)9-6-10(13)8-11(7-9)15-2/h6-8H,3-5,13H2,1-2H3. The molecule has 16 heavy (non-hydrogen) atoms. The van der Waals surface area contributed by atoms with E-state index in [1.807, 2.05) is 6.92 Å². The van der Waals surface area contributed by atoms with Crippen LogP contribution in [0.1, 0.15) is 30.1 Å². The van der Waals surface area contributed by atoms with Gasteiger partial charge in [-0.05, 0) is 18.6 Å². The number of carbonyl (C=O) groups is 1. The Balaban J connectivity index is 2.71. The van der Waals surface area contributed by atoms with Crippen molar-refractivity contribution in [3.8, 4) is 5.75 Å². The lowest BCUT2D eigenvalue weighted by Gasteiger charge is -2.07. The van der Waals surface area contributed by atoms with E-state index < -0.39 is 0 Å². The highest BCUT2D eigenvalue weighted by Crippen LogP contribution is 2.19. The second-order valence-electron chi connectivity index (χ2n) is 3.48. The summed E-state index contributed by atoms with van der Waals surface area (Å²) < 4.78 is 10.1. The summed E-state index contributed by atoms with van der Waals surface area (Å²) in [5, 5.41) is 0. The van der Waals surface area contributed by atoms with Gasteiger partial charge in [-0.3, -0.25) is 0 Å². The highest BCUT2D eigenvalue weighted by molar-refractivity contribution is 5.91. The highest BCUT2D eigenvalue weighted by atomic mass is 16.5. The molecular formula is C12H17NO3. The molecule has 0 saturated heterocycles. The molecule has 0 aromatic heterocycles.